The van der Waals surface area contributed by atoms with Crippen LogP contribution in [0.2, 0.25) is 5.02 Å². The first-order valence-corrected chi connectivity index (χ1v) is 9.53. The Morgan fingerprint density at radius 1 is 0.931 bits per heavy atom. The first-order chi connectivity index (χ1) is 14.0. The van der Waals surface area contributed by atoms with Crippen molar-refractivity contribution in [3.05, 3.63) is 106 Å². The number of nitrogens with zero attached hydrogens (tertiary/aromatic N) is 1. The number of benzene rings is 3. The highest BCUT2D eigenvalue weighted by Crippen LogP contribution is 2.42. The zero-order valence-electron chi connectivity index (χ0n) is 15.7. The largest absolute Gasteiger partial charge is 0.507 e. The van der Waals surface area contributed by atoms with E-state index in [2.05, 4.69) is 0 Å². The molecule has 5 heteroatoms. The quantitative estimate of drug-likeness (QED) is 0.368. The monoisotopic (exact) mass is 403 g/mol. The SMILES string of the molecule is Cc1ccc(N2C(=O)C(=O)/C(=C(\O)c3cccc(Cl)c3)C2c2ccccc2)cc1. The van der Waals surface area contributed by atoms with Crippen molar-refractivity contribution >= 4 is 34.7 Å². The van der Waals surface area contributed by atoms with Crippen LogP contribution in [0.15, 0.2) is 84.4 Å². The van der Waals surface area contributed by atoms with Gasteiger partial charge in [-0.05, 0) is 36.8 Å². The van der Waals surface area contributed by atoms with E-state index in [0.29, 0.717) is 16.3 Å². The van der Waals surface area contributed by atoms with Crippen LogP contribution in [0.25, 0.3) is 5.76 Å². The minimum atomic E-state index is -0.738. The summed E-state index contributed by atoms with van der Waals surface area (Å²) in [4.78, 5) is 27.4. The van der Waals surface area contributed by atoms with E-state index in [9.17, 15) is 14.7 Å². The Hall–Kier alpha value is -3.37. The molecule has 1 heterocycles. The number of carbonyl (C=O) groups is 2. The van der Waals surface area contributed by atoms with Gasteiger partial charge in [-0.15, -0.1) is 0 Å². The highest BCUT2D eigenvalue weighted by molar-refractivity contribution is 6.51. The second-order valence-corrected chi connectivity index (χ2v) is 7.36. The molecule has 4 nitrogen and oxygen atoms in total. The minimum absolute atomic E-state index is 0.0454. The van der Waals surface area contributed by atoms with E-state index in [-0.39, 0.29) is 11.3 Å². The van der Waals surface area contributed by atoms with Crippen LogP contribution < -0.4 is 4.90 Å². The van der Waals surface area contributed by atoms with E-state index < -0.39 is 17.7 Å². The highest BCUT2D eigenvalue weighted by atomic mass is 35.5. The summed E-state index contributed by atoms with van der Waals surface area (Å²) in [5.74, 6) is -1.64. The predicted molar refractivity (Wildman–Crippen MR) is 114 cm³/mol. The fourth-order valence-electron chi connectivity index (χ4n) is 3.55. The average Bonchev–Trinajstić information content (AvgIpc) is 3.00. The number of amides is 1. The topological polar surface area (TPSA) is 57.6 Å². The number of carbonyl (C=O) groups excluding carboxylic acids is 2. The number of aliphatic hydroxyl groups excluding tert-OH is 1. The first-order valence-electron chi connectivity index (χ1n) is 9.16. The number of hydrogen-bond acceptors (Lipinski definition) is 3. The second kappa shape index (κ2) is 7.57. The molecular weight excluding hydrogens is 386 g/mol. The zero-order chi connectivity index (χ0) is 20.5. The van der Waals surface area contributed by atoms with Gasteiger partial charge in [0, 0.05) is 16.3 Å². The second-order valence-electron chi connectivity index (χ2n) is 6.93. The molecule has 1 saturated heterocycles. The van der Waals surface area contributed by atoms with Crippen LogP contribution in [0.1, 0.15) is 22.7 Å². The molecule has 0 radical (unpaired) electrons. The van der Waals surface area contributed by atoms with Crippen LogP contribution in [-0.4, -0.2) is 16.8 Å². The summed E-state index contributed by atoms with van der Waals surface area (Å²) in [6.07, 6.45) is 0. The summed E-state index contributed by atoms with van der Waals surface area (Å²) in [6, 6.07) is 22.4. The van der Waals surface area contributed by atoms with E-state index in [1.54, 1.807) is 36.4 Å². The van der Waals surface area contributed by atoms with Crippen molar-refractivity contribution in [3.63, 3.8) is 0 Å². The van der Waals surface area contributed by atoms with Crippen molar-refractivity contribution < 1.29 is 14.7 Å². The van der Waals surface area contributed by atoms with E-state index in [1.165, 1.54) is 4.90 Å². The molecule has 0 bridgehead atoms. The summed E-state index contributed by atoms with van der Waals surface area (Å²) in [5.41, 5.74) is 2.80. The number of rotatable bonds is 3. The van der Waals surface area contributed by atoms with Crippen molar-refractivity contribution in [3.8, 4) is 0 Å². The Labute approximate surface area is 173 Å². The van der Waals surface area contributed by atoms with Crippen LogP contribution in [0.3, 0.4) is 0 Å². The van der Waals surface area contributed by atoms with Gasteiger partial charge < -0.3 is 5.11 Å². The van der Waals surface area contributed by atoms with E-state index in [1.807, 2.05) is 49.4 Å². The lowest BCUT2D eigenvalue weighted by atomic mass is 9.95. The number of anilines is 1. The van der Waals surface area contributed by atoms with Crippen molar-refractivity contribution in [1.29, 1.82) is 0 Å². The standard InChI is InChI=1S/C24H18ClNO3/c1-15-10-12-19(13-11-15)26-21(16-6-3-2-4-7-16)20(23(28)24(26)29)22(27)17-8-5-9-18(25)14-17/h2-14,21,27H,1H3/b22-20-. The van der Waals surface area contributed by atoms with E-state index >= 15 is 0 Å². The maximum atomic E-state index is 13.0. The molecule has 144 valence electrons. The predicted octanol–water partition coefficient (Wildman–Crippen LogP) is 5.27. The molecule has 1 aliphatic rings. The fraction of sp³-hybridized carbons (Fsp3) is 0.0833. The number of aryl methyl sites for hydroxylation is 1. The molecule has 1 unspecified atom stereocenters. The number of ketones is 1. The third-order valence-corrected chi connectivity index (χ3v) is 5.21. The van der Waals surface area contributed by atoms with Crippen LogP contribution in [0.4, 0.5) is 5.69 Å². The number of halogens is 1. The molecule has 1 N–H and O–H groups in total. The summed E-state index contributed by atoms with van der Waals surface area (Å²) in [6.45, 7) is 1.95. The molecule has 1 fully saturated rings. The summed E-state index contributed by atoms with van der Waals surface area (Å²) < 4.78 is 0. The number of Topliss-reactive ketones (excluding diaryl/α,β-unsaturated/α-hetero) is 1. The number of hydrogen-bond donors (Lipinski definition) is 1. The van der Waals surface area contributed by atoms with Gasteiger partial charge in [-0.25, -0.2) is 0 Å². The van der Waals surface area contributed by atoms with Crippen molar-refractivity contribution in [2.24, 2.45) is 0 Å². The highest BCUT2D eigenvalue weighted by Gasteiger charge is 2.46. The Morgan fingerprint density at radius 2 is 1.62 bits per heavy atom. The number of aliphatic hydroxyl groups is 1. The first kappa shape index (κ1) is 19.0. The van der Waals surface area contributed by atoms with Gasteiger partial charge in [-0.1, -0.05) is 71.8 Å². The molecular formula is C24H18ClNO3. The lowest BCUT2D eigenvalue weighted by molar-refractivity contribution is -0.132. The third-order valence-electron chi connectivity index (χ3n) is 4.97. The van der Waals surface area contributed by atoms with Gasteiger partial charge in [0.1, 0.15) is 5.76 Å². The van der Waals surface area contributed by atoms with Gasteiger partial charge in [0.25, 0.3) is 11.7 Å². The lowest BCUT2D eigenvalue weighted by Crippen LogP contribution is -2.29. The van der Waals surface area contributed by atoms with Gasteiger partial charge in [0.05, 0.1) is 11.6 Å². The molecule has 29 heavy (non-hydrogen) atoms. The van der Waals surface area contributed by atoms with Crippen LogP contribution in [0.5, 0.6) is 0 Å². The molecule has 1 atom stereocenters. The lowest BCUT2D eigenvalue weighted by Gasteiger charge is -2.25. The van der Waals surface area contributed by atoms with Gasteiger partial charge >= 0.3 is 0 Å². The summed E-state index contributed by atoms with van der Waals surface area (Å²) in [7, 11) is 0. The summed E-state index contributed by atoms with van der Waals surface area (Å²) in [5, 5.41) is 11.4. The van der Waals surface area contributed by atoms with Crippen LogP contribution >= 0.6 is 11.6 Å². The van der Waals surface area contributed by atoms with Gasteiger partial charge in [-0.3, -0.25) is 14.5 Å². The third kappa shape index (κ3) is 3.43. The Kier molecular flexibility index (Phi) is 4.95. The Morgan fingerprint density at radius 3 is 2.28 bits per heavy atom. The van der Waals surface area contributed by atoms with E-state index in [4.69, 9.17) is 11.6 Å². The molecule has 3 aromatic rings. The molecule has 0 aromatic heterocycles. The van der Waals surface area contributed by atoms with Gasteiger partial charge in [0.2, 0.25) is 0 Å². The smallest absolute Gasteiger partial charge is 0.300 e. The molecule has 1 aliphatic heterocycles. The molecule has 0 spiro atoms. The maximum absolute atomic E-state index is 13.0. The Bertz CT molecular complexity index is 1120. The normalized spacial score (nSPS) is 18.3. The molecule has 4 rings (SSSR count). The molecule has 1 amide bonds. The van der Waals surface area contributed by atoms with Crippen molar-refractivity contribution in [1.82, 2.24) is 0 Å². The minimum Gasteiger partial charge on any atom is -0.507 e. The van der Waals surface area contributed by atoms with Gasteiger partial charge in [0.15, 0.2) is 0 Å². The molecule has 0 aliphatic carbocycles. The maximum Gasteiger partial charge on any atom is 0.300 e. The summed E-state index contributed by atoms with van der Waals surface area (Å²) >= 11 is 6.06. The van der Waals surface area contributed by atoms with Crippen molar-refractivity contribution in [2.45, 2.75) is 13.0 Å². The Balaban J connectivity index is 1.94. The average molecular weight is 404 g/mol. The fourth-order valence-corrected chi connectivity index (χ4v) is 3.74. The van der Waals surface area contributed by atoms with Crippen LogP contribution in [-0.2, 0) is 9.59 Å². The van der Waals surface area contributed by atoms with E-state index in [0.717, 1.165) is 11.1 Å². The van der Waals surface area contributed by atoms with Crippen LogP contribution in [0, 0.1) is 6.92 Å². The van der Waals surface area contributed by atoms with Crippen molar-refractivity contribution in [2.75, 3.05) is 4.90 Å². The molecule has 3 aromatic carbocycles. The zero-order valence-corrected chi connectivity index (χ0v) is 16.4. The molecule has 0 saturated carbocycles. The van der Waals surface area contributed by atoms with Gasteiger partial charge in [-0.2, -0.15) is 0 Å².